The van der Waals surface area contributed by atoms with Gasteiger partial charge in [0.1, 0.15) is 18.4 Å². The van der Waals surface area contributed by atoms with Crippen LogP contribution in [0.25, 0.3) is 0 Å². The molecule has 29 heavy (non-hydrogen) atoms. The Bertz CT molecular complexity index is 756. The standard InChI is InChI=1S/C20H29NO7Si/c1-6-10-26-20(25)27-11(2)14-16-12-8-7-9-13(28-29(3,4)5)15(12)17(19(23)24)21(16)18(14)22/h6,11-14,16H,1,7-10H2,2-5H3,(H,23,24)/t11-,12-,13-,14-,16-/m1/s1. The van der Waals surface area contributed by atoms with Gasteiger partial charge in [-0.25, -0.2) is 9.59 Å². The molecule has 3 rings (SSSR count). The summed E-state index contributed by atoms with van der Waals surface area (Å²) >= 11 is 0. The van der Waals surface area contributed by atoms with Crippen LogP contribution in [0.15, 0.2) is 23.9 Å². The Kier molecular flexibility index (Phi) is 5.91. The molecule has 5 atom stereocenters. The van der Waals surface area contributed by atoms with E-state index in [2.05, 4.69) is 26.2 Å². The Morgan fingerprint density at radius 2 is 2.03 bits per heavy atom. The first kappa shape index (κ1) is 21.6. The lowest BCUT2D eigenvalue weighted by molar-refractivity contribution is -0.164. The van der Waals surface area contributed by atoms with Crippen LogP contribution >= 0.6 is 0 Å². The molecule has 2 aliphatic heterocycles. The lowest BCUT2D eigenvalue weighted by Crippen LogP contribution is -2.64. The van der Waals surface area contributed by atoms with Crippen LogP contribution in [0.3, 0.4) is 0 Å². The Labute approximate surface area is 171 Å². The zero-order valence-electron chi connectivity index (χ0n) is 17.3. The average molecular weight is 424 g/mol. The Balaban J connectivity index is 1.84. The molecule has 1 amide bonds. The Morgan fingerprint density at radius 1 is 1.34 bits per heavy atom. The Morgan fingerprint density at radius 3 is 2.62 bits per heavy atom. The zero-order valence-corrected chi connectivity index (χ0v) is 18.3. The summed E-state index contributed by atoms with van der Waals surface area (Å²) < 4.78 is 16.4. The highest BCUT2D eigenvalue weighted by atomic mass is 28.4. The fourth-order valence-corrected chi connectivity index (χ4v) is 5.86. The predicted octanol–water partition coefficient (Wildman–Crippen LogP) is 2.91. The molecule has 0 spiro atoms. The van der Waals surface area contributed by atoms with Gasteiger partial charge in [-0.3, -0.25) is 4.79 Å². The molecule has 1 N–H and O–H groups in total. The van der Waals surface area contributed by atoms with Gasteiger partial charge in [-0.2, -0.15) is 0 Å². The smallest absolute Gasteiger partial charge is 0.477 e. The summed E-state index contributed by atoms with van der Waals surface area (Å²) in [6.45, 7) is 11.3. The van der Waals surface area contributed by atoms with Gasteiger partial charge in [0.25, 0.3) is 0 Å². The molecule has 1 saturated carbocycles. The molecule has 2 heterocycles. The van der Waals surface area contributed by atoms with E-state index in [0.717, 1.165) is 24.8 Å². The third kappa shape index (κ3) is 3.98. The minimum atomic E-state index is -1.91. The quantitative estimate of drug-likeness (QED) is 0.291. The normalized spacial score (nSPS) is 29.5. The molecule has 8 nitrogen and oxygen atoms in total. The Hall–Kier alpha value is -2.13. The minimum Gasteiger partial charge on any atom is -0.477 e. The van der Waals surface area contributed by atoms with E-state index in [4.69, 9.17) is 13.9 Å². The van der Waals surface area contributed by atoms with Crippen molar-refractivity contribution in [1.29, 1.82) is 0 Å². The van der Waals surface area contributed by atoms with Gasteiger partial charge >= 0.3 is 12.1 Å². The number of carbonyl (C=O) groups excluding carboxylic acids is 2. The van der Waals surface area contributed by atoms with Gasteiger partial charge in [0.2, 0.25) is 5.91 Å². The molecular weight excluding hydrogens is 394 g/mol. The van der Waals surface area contributed by atoms with Crippen molar-refractivity contribution in [2.24, 2.45) is 11.8 Å². The lowest BCUT2D eigenvalue weighted by Gasteiger charge is -2.48. The van der Waals surface area contributed by atoms with E-state index in [1.54, 1.807) is 6.92 Å². The summed E-state index contributed by atoms with van der Waals surface area (Å²) in [5.74, 6) is -2.11. The van der Waals surface area contributed by atoms with Crippen molar-refractivity contribution in [2.75, 3.05) is 6.61 Å². The van der Waals surface area contributed by atoms with Crippen molar-refractivity contribution in [3.63, 3.8) is 0 Å². The highest BCUT2D eigenvalue weighted by Gasteiger charge is 2.63. The van der Waals surface area contributed by atoms with Crippen LogP contribution in [0.2, 0.25) is 19.6 Å². The number of hydrogen-bond donors (Lipinski definition) is 1. The van der Waals surface area contributed by atoms with Crippen LogP contribution in [0.4, 0.5) is 4.79 Å². The molecule has 0 aromatic rings. The second-order valence-electron chi connectivity index (χ2n) is 8.76. The third-order valence-corrected chi connectivity index (χ3v) is 6.64. The number of carbonyl (C=O) groups is 3. The monoisotopic (exact) mass is 423 g/mol. The van der Waals surface area contributed by atoms with Crippen LogP contribution in [0.5, 0.6) is 0 Å². The molecule has 0 bridgehead atoms. The van der Waals surface area contributed by atoms with Crippen LogP contribution in [0.1, 0.15) is 26.2 Å². The summed E-state index contributed by atoms with van der Waals surface area (Å²) in [6, 6.07) is -0.321. The zero-order chi connectivity index (χ0) is 21.5. The van der Waals surface area contributed by atoms with Gasteiger partial charge in [0.05, 0.1) is 18.1 Å². The molecule has 160 valence electrons. The van der Waals surface area contributed by atoms with E-state index in [0.29, 0.717) is 0 Å². The fraction of sp³-hybridized carbons (Fsp3) is 0.650. The third-order valence-electron chi connectivity index (χ3n) is 5.65. The van der Waals surface area contributed by atoms with E-state index in [1.807, 2.05) is 0 Å². The fourth-order valence-electron chi connectivity index (χ4n) is 4.76. The molecule has 3 aliphatic rings. The van der Waals surface area contributed by atoms with Gasteiger partial charge in [0.15, 0.2) is 8.32 Å². The van der Waals surface area contributed by atoms with Crippen molar-refractivity contribution in [2.45, 2.75) is 64.1 Å². The summed E-state index contributed by atoms with van der Waals surface area (Å²) in [4.78, 5) is 38.1. The average Bonchev–Trinajstić information content (AvgIpc) is 2.90. The summed E-state index contributed by atoms with van der Waals surface area (Å²) in [5.41, 5.74) is 0.791. The van der Waals surface area contributed by atoms with Gasteiger partial charge in [-0.1, -0.05) is 12.7 Å². The summed E-state index contributed by atoms with van der Waals surface area (Å²) in [5, 5.41) is 9.86. The van der Waals surface area contributed by atoms with Crippen LogP contribution in [-0.4, -0.2) is 61.2 Å². The molecule has 0 aromatic heterocycles. The summed E-state index contributed by atoms with van der Waals surface area (Å²) in [6.07, 6.45) is 2.01. The van der Waals surface area contributed by atoms with Crippen molar-refractivity contribution in [1.82, 2.24) is 4.90 Å². The van der Waals surface area contributed by atoms with Crippen LogP contribution in [0, 0.1) is 11.8 Å². The van der Waals surface area contributed by atoms with Crippen molar-refractivity contribution in [3.05, 3.63) is 23.9 Å². The topological polar surface area (TPSA) is 102 Å². The van der Waals surface area contributed by atoms with Crippen LogP contribution < -0.4 is 0 Å². The minimum absolute atomic E-state index is 0.0208. The number of aliphatic carboxylic acids is 1. The molecule has 0 radical (unpaired) electrons. The number of hydrogen-bond acceptors (Lipinski definition) is 6. The number of ether oxygens (including phenoxy) is 2. The highest BCUT2D eigenvalue weighted by Crippen LogP contribution is 2.53. The van der Waals surface area contributed by atoms with Gasteiger partial charge in [-0.05, 0) is 51.4 Å². The first-order valence-electron chi connectivity index (χ1n) is 9.99. The van der Waals surface area contributed by atoms with E-state index >= 15 is 0 Å². The number of β-lactam (4-membered cyclic amide) rings is 1. The first-order valence-corrected chi connectivity index (χ1v) is 13.4. The van der Waals surface area contributed by atoms with E-state index in [-0.39, 0.29) is 36.3 Å². The highest BCUT2D eigenvalue weighted by molar-refractivity contribution is 6.69. The lowest BCUT2D eigenvalue weighted by atomic mass is 9.71. The van der Waals surface area contributed by atoms with Crippen molar-refractivity contribution >= 4 is 26.3 Å². The largest absolute Gasteiger partial charge is 0.508 e. The number of nitrogens with zero attached hydrogens (tertiary/aromatic N) is 1. The predicted molar refractivity (Wildman–Crippen MR) is 106 cm³/mol. The molecule has 0 aromatic carbocycles. The number of carboxylic acid groups (broad SMARTS) is 1. The maximum atomic E-state index is 12.9. The second kappa shape index (κ2) is 7.95. The molecule has 2 fully saturated rings. The van der Waals surface area contributed by atoms with E-state index < -0.39 is 32.5 Å². The number of fused-ring (bicyclic) bond motifs is 3. The second-order valence-corrected chi connectivity index (χ2v) is 13.2. The first-order chi connectivity index (χ1) is 13.6. The van der Waals surface area contributed by atoms with Gasteiger partial charge in [0, 0.05) is 5.92 Å². The van der Waals surface area contributed by atoms with Crippen molar-refractivity contribution < 1.29 is 33.4 Å². The van der Waals surface area contributed by atoms with Crippen LogP contribution in [-0.2, 0) is 23.5 Å². The molecule has 1 aliphatic carbocycles. The maximum Gasteiger partial charge on any atom is 0.508 e. The maximum absolute atomic E-state index is 12.9. The summed E-state index contributed by atoms with van der Waals surface area (Å²) in [7, 11) is -1.91. The number of rotatable bonds is 7. The van der Waals surface area contributed by atoms with Gasteiger partial charge < -0.3 is 23.9 Å². The molecule has 9 heteroatoms. The van der Waals surface area contributed by atoms with Gasteiger partial charge in [-0.15, -0.1) is 0 Å². The molecule has 0 unspecified atom stereocenters. The number of amides is 1. The SMILES string of the molecule is C=CCOC(=O)O[C@H](C)[C@H]1C(=O)N2C(C(=O)O)=C3[C@@H](CCC[C@H]3O[Si](C)(C)C)[C@H]12. The molecular formula is C20H29NO7Si. The van der Waals surface area contributed by atoms with Crippen molar-refractivity contribution in [3.8, 4) is 0 Å². The van der Waals surface area contributed by atoms with E-state index in [9.17, 15) is 19.5 Å². The molecule has 1 saturated heterocycles. The van der Waals surface area contributed by atoms with E-state index in [1.165, 1.54) is 11.0 Å². The number of carboxylic acids is 1.